The highest BCUT2D eigenvalue weighted by Crippen LogP contribution is 2.43. The first-order valence-corrected chi connectivity index (χ1v) is 11.4. The second kappa shape index (κ2) is 9.11. The molecule has 0 unspecified atom stereocenters. The van der Waals surface area contributed by atoms with E-state index in [1.807, 2.05) is 18.2 Å². The molecule has 4 aromatic rings. The SMILES string of the molecule is Cc1nnc(N2C(=O)C(=O)/C(=C(/O)c3ccc(F)cc3)[C@H]2c2cccc(Oc3ccccc3)c2)s1. The third-order valence-electron chi connectivity index (χ3n) is 5.44. The van der Waals surface area contributed by atoms with Gasteiger partial charge in [-0.05, 0) is 61.0 Å². The summed E-state index contributed by atoms with van der Waals surface area (Å²) in [5.41, 5.74) is 0.597. The molecule has 0 radical (unpaired) electrons. The maximum atomic E-state index is 13.5. The van der Waals surface area contributed by atoms with E-state index in [2.05, 4.69) is 10.2 Å². The van der Waals surface area contributed by atoms with E-state index in [-0.39, 0.29) is 16.3 Å². The molecule has 35 heavy (non-hydrogen) atoms. The van der Waals surface area contributed by atoms with Crippen LogP contribution >= 0.6 is 11.3 Å². The Balaban J connectivity index is 1.65. The standard InChI is InChI=1S/C26H18FN3O4S/c1-15-28-29-26(35-15)30-22(17-6-5-9-20(14-17)34-19-7-3-2-4-8-19)21(24(32)25(30)33)23(31)16-10-12-18(27)13-11-16/h2-14,22,31H,1H3/b23-21+/t22-/m1/s1. The number of ether oxygens (including phenoxy) is 1. The molecule has 3 aromatic carbocycles. The number of aryl methyl sites for hydroxylation is 1. The van der Waals surface area contributed by atoms with E-state index in [9.17, 15) is 19.1 Å². The van der Waals surface area contributed by atoms with Crippen LogP contribution in [0.2, 0.25) is 0 Å². The number of Topliss-reactive ketones (excluding diaryl/α,β-unsaturated/α-hetero) is 1. The largest absolute Gasteiger partial charge is 0.507 e. The smallest absolute Gasteiger partial charge is 0.301 e. The number of anilines is 1. The summed E-state index contributed by atoms with van der Waals surface area (Å²) in [7, 11) is 0. The molecular weight excluding hydrogens is 469 g/mol. The van der Waals surface area contributed by atoms with Crippen LogP contribution in [0.25, 0.3) is 5.76 Å². The highest BCUT2D eigenvalue weighted by atomic mass is 32.1. The van der Waals surface area contributed by atoms with Crippen LogP contribution in [0, 0.1) is 12.7 Å². The lowest BCUT2D eigenvalue weighted by Gasteiger charge is -2.23. The van der Waals surface area contributed by atoms with E-state index in [1.54, 1.807) is 43.3 Å². The Morgan fingerprint density at radius 3 is 2.37 bits per heavy atom. The molecule has 0 saturated carbocycles. The van der Waals surface area contributed by atoms with Crippen molar-refractivity contribution in [3.63, 3.8) is 0 Å². The normalized spacial score (nSPS) is 17.1. The summed E-state index contributed by atoms with van der Waals surface area (Å²) in [5, 5.41) is 20.0. The van der Waals surface area contributed by atoms with E-state index in [4.69, 9.17) is 4.74 Å². The van der Waals surface area contributed by atoms with Gasteiger partial charge in [0.2, 0.25) is 5.13 Å². The van der Waals surface area contributed by atoms with Gasteiger partial charge in [-0.2, -0.15) is 0 Å². The number of benzene rings is 3. The van der Waals surface area contributed by atoms with Crippen LogP contribution in [0.4, 0.5) is 9.52 Å². The predicted molar refractivity (Wildman–Crippen MR) is 129 cm³/mol. The summed E-state index contributed by atoms with van der Waals surface area (Å²) in [5.74, 6) is -1.53. The van der Waals surface area contributed by atoms with Crippen LogP contribution in [0.5, 0.6) is 11.5 Å². The van der Waals surface area contributed by atoms with Crippen LogP contribution in [-0.4, -0.2) is 27.0 Å². The number of halogens is 1. The van der Waals surface area contributed by atoms with Crippen molar-refractivity contribution in [3.8, 4) is 11.5 Å². The van der Waals surface area contributed by atoms with Crippen molar-refractivity contribution in [2.45, 2.75) is 13.0 Å². The quantitative estimate of drug-likeness (QED) is 0.230. The topological polar surface area (TPSA) is 92.6 Å². The zero-order chi connectivity index (χ0) is 24.5. The first kappa shape index (κ1) is 22.4. The zero-order valence-electron chi connectivity index (χ0n) is 18.4. The van der Waals surface area contributed by atoms with Gasteiger partial charge in [0.25, 0.3) is 5.78 Å². The second-order valence-electron chi connectivity index (χ2n) is 7.77. The molecule has 1 fully saturated rings. The van der Waals surface area contributed by atoms with Crippen LogP contribution in [0.1, 0.15) is 22.2 Å². The highest BCUT2D eigenvalue weighted by molar-refractivity contribution is 7.15. The summed E-state index contributed by atoms with van der Waals surface area (Å²) in [4.78, 5) is 27.6. The van der Waals surface area contributed by atoms with Gasteiger partial charge < -0.3 is 9.84 Å². The van der Waals surface area contributed by atoms with Crippen LogP contribution in [0.3, 0.4) is 0 Å². The maximum Gasteiger partial charge on any atom is 0.301 e. The summed E-state index contributed by atoms with van der Waals surface area (Å²) in [6, 6.07) is 20.1. The number of hydrogen-bond donors (Lipinski definition) is 1. The Labute approximate surface area is 203 Å². The monoisotopic (exact) mass is 487 g/mol. The van der Waals surface area contributed by atoms with Gasteiger partial charge in [-0.1, -0.05) is 41.7 Å². The number of aliphatic hydroxyl groups excluding tert-OH is 1. The number of ketones is 1. The van der Waals surface area contributed by atoms with Crippen molar-refractivity contribution in [1.82, 2.24) is 10.2 Å². The summed E-state index contributed by atoms with van der Waals surface area (Å²) >= 11 is 1.15. The number of carbonyl (C=O) groups excluding carboxylic acids is 2. The number of amides is 1. The minimum absolute atomic E-state index is 0.133. The van der Waals surface area contributed by atoms with E-state index in [0.717, 1.165) is 11.3 Å². The average molecular weight is 488 g/mol. The molecule has 0 bridgehead atoms. The Bertz CT molecular complexity index is 1450. The molecule has 2 heterocycles. The van der Waals surface area contributed by atoms with Gasteiger partial charge in [0.05, 0.1) is 11.6 Å². The molecule has 1 N–H and O–H groups in total. The van der Waals surface area contributed by atoms with E-state index >= 15 is 0 Å². The van der Waals surface area contributed by atoms with Gasteiger partial charge >= 0.3 is 5.91 Å². The van der Waals surface area contributed by atoms with Gasteiger partial charge in [-0.3, -0.25) is 14.5 Å². The molecule has 1 saturated heterocycles. The summed E-state index contributed by atoms with van der Waals surface area (Å²) < 4.78 is 19.4. The van der Waals surface area contributed by atoms with Gasteiger partial charge in [0.15, 0.2) is 0 Å². The van der Waals surface area contributed by atoms with Gasteiger partial charge in [0.1, 0.15) is 28.1 Å². The van der Waals surface area contributed by atoms with E-state index < -0.39 is 29.3 Å². The Kier molecular flexibility index (Phi) is 5.84. The minimum Gasteiger partial charge on any atom is -0.507 e. The van der Waals surface area contributed by atoms with Crippen molar-refractivity contribution < 1.29 is 23.8 Å². The number of para-hydroxylation sites is 1. The third kappa shape index (κ3) is 4.29. The van der Waals surface area contributed by atoms with E-state index in [1.165, 1.54) is 29.2 Å². The number of aliphatic hydroxyl groups is 1. The molecule has 1 aromatic heterocycles. The van der Waals surface area contributed by atoms with Crippen molar-refractivity contribution >= 4 is 33.9 Å². The van der Waals surface area contributed by atoms with Crippen molar-refractivity contribution in [3.05, 3.63) is 106 Å². The first-order valence-electron chi connectivity index (χ1n) is 10.6. The van der Waals surface area contributed by atoms with Gasteiger partial charge in [-0.15, -0.1) is 10.2 Å². The molecule has 0 spiro atoms. The fourth-order valence-electron chi connectivity index (χ4n) is 3.86. The van der Waals surface area contributed by atoms with Crippen LogP contribution < -0.4 is 9.64 Å². The Morgan fingerprint density at radius 2 is 1.69 bits per heavy atom. The lowest BCUT2D eigenvalue weighted by molar-refractivity contribution is -0.132. The molecule has 174 valence electrons. The Hall–Kier alpha value is -4.37. The molecule has 1 amide bonds. The van der Waals surface area contributed by atoms with Crippen LogP contribution in [-0.2, 0) is 9.59 Å². The summed E-state index contributed by atoms with van der Waals surface area (Å²) in [6.45, 7) is 1.74. The molecule has 1 atom stereocenters. The molecule has 7 nitrogen and oxygen atoms in total. The predicted octanol–water partition coefficient (Wildman–Crippen LogP) is 5.40. The van der Waals surface area contributed by atoms with E-state index in [0.29, 0.717) is 22.1 Å². The molecule has 1 aliphatic heterocycles. The van der Waals surface area contributed by atoms with Crippen molar-refractivity contribution in [1.29, 1.82) is 0 Å². The zero-order valence-corrected chi connectivity index (χ0v) is 19.2. The fraction of sp³-hybridized carbons (Fsp3) is 0.0769. The molecule has 9 heteroatoms. The maximum absolute atomic E-state index is 13.5. The number of rotatable bonds is 5. The average Bonchev–Trinajstić information content (AvgIpc) is 3.40. The number of carbonyl (C=O) groups is 2. The van der Waals surface area contributed by atoms with Crippen molar-refractivity contribution in [2.75, 3.05) is 4.90 Å². The molecule has 5 rings (SSSR count). The number of hydrogen-bond acceptors (Lipinski definition) is 7. The first-order chi connectivity index (χ1) is 16.9. The number of nitrogens with zero attached hydrogens (tertiary/aromatic N) is 3. The minimum atomic E-state index is -0.994. The lowest BCUT2D eigenvalue weighted by atomic mass is 9.95. The third-order valence-corrected chi connectivity index (χ3v) is 6.27. The summed E-state index contributed by atoms with van der Waals surface area (Å²) in [6.07, 6.45) is 0. The molecule has 1 aliphatic rings. The highest BCUT2D eigenvalue weighted by Gasteiger charge is 2.48. The molecular formula is C26H18FN3O4S. The van der Waals surface area contributed by atoms with Crippen molar-refractivity contribution in [2.24, 2.45) is 0 Å². The second-order valence-corrected chi connectivity index (χ2v) is 8.93. The lowest BCUT2D eigenvalue weighted by Crippen LogP contribution is -2.29. The number of aromatic nitrogens is 2. The molecule has 0 aliphatic carbocycles. The van der Waals surface area contributed by atoms with Gasteiger partial charge in [-0.25, -0.2) is 4.39 Å². The van der Waals surface area contributed by atoms with Crippen LogP contribution in [0.15, 0.2) is 84.4 Å². The Morgan fingerprint density at radius 1 is 0.971 bits per heavy atom. The van der Waals surface area contributed by atoms with Gasteiger partial charge in [0, 0.05) is 5.56 Å². The fourth-order valence-corrected chi connectivity index (χ4v) is 4.58.